The highest BCUT2D eigenvalue weighted by atomic mass is 16.5. The number of nitrogens with one attached hydrogen (secondary N) is 1. The third-order valence-electron chi connectivity index (χ3n) is 4.77. The van der Waals surface area contributed by atoms with Gasteiger partial charge in [-0.25, -0.2) is 4.85 Å². The number of aryl methyl sites for hydroxylation is 1. The first kappa shape index (κ1) is 20.2. The second kappa shape index (κ2) is 8.32. The Balaban J connectivity index is 1.67. The molecule has 0 aliphatic carbocycles. The molecule has 0 aliphatic heterocycles. The smallest absolute Gasteiger partial charge is 0.303 e. The van der Waals surface area contributed by atoms with E-state index in [0.29, 0.717) is 35.1 Å². The molecule has 0 fully saturated rings. The molecule has 0 saturated carbocycles. The minimum absolute atomic E-state index is 0.0389. The SMILES string of the molecule is [C-]#[N+]c1cc(-c2nc(-c3cccc4c(CCC(=O)O)c[nH]c34)no2)ccc1OC(C)C. The third-order valence-corrected chi connectivity index (χ3v) is 4.77. The Bertz CT molecular complexity index is 1300. The molecule has 4 aromatic rings. The van der Waals surface area contributed by atoms with Gasteiger partial charge in [0.25, 0.3) is 5.89 Å². The molecule has 0 aliphatic rings. The van der Waals surface area contributed by atoms with E-state index in [-0.39, 0.29) is 12.5 Å². The summed E-state index contributed by atoms with van der Waals surface area (Å²) in [7, 11) is 0. The number of aliphatic carboxylic acids is 1. The fraction of sp³-hybridized carbons (Fsp3) is 0.217. The number of rotatable bonds is 7. The van der Waals surface area contributed by atoms with E-state index in [1.54, 1.807) is 18.2 Å². The number of carboxylic acid groups (broad SMARTS) is 1. The lowest BCUT2D eigenvalue weighted by Crippen LogP contribution is -2.05. The molecule has 2 N–H and O–H groups in total. The Hall–Kier alpha value is -4.12. The van der Waals surface area contributed by atoms with E-state index in [9.17, 15) is 4.79 Å². The van der Waals surface area contributed by atoms with Gasteiger partial charge in [0.05, 0.1) is 18.2 Å². The van der Waals surface area contributed by atoms with Crippen molar-refractivity contribution in [3.63, 3.8) is 0 Å². The maximum absolute atomic E-state index is 10.9. The highest BCUT2D eigenvalue weighted by Gasteiger charge is 2.17. The van der Waals surface area contributed by atoms with Gasteiger partial charge in [-0.3, -0.25) is 4.79 Å². The Labute approximate surface area is 178 Å². The molecule has 8 nitrogen and oxygen atoms in total. The molecule has 0 radical (unpaired) electrons. The van der Waals surface area contributed by atoms with Crippen molar-refractivity contribution in [1.82, 2.24) is 15.1 Å². The fourth-order valence-electron chi connectivity index (χ4n) is 3.39. The number of aromatic amines is 1. The molecule has 2 heterocycles. The van der Waals surface area contributed by atoms with E-state index in [1.807, 2.05) is 38.2 Å². The molecule has 0 spiro atoms. The molecular formula is C23H20N4O4. The number of benzene rings is 2. The summed E-state index contributed by atoms with van der Waals surface area (Å²) < 4.78 is 11.1. The van der Waals surface area contributed by atoms with Crippen LogP contribution in [0, 0.1) is 6.57 Å². The van der Waals surface area contributed by atoms with Gasteiger partial charge in [-0.05, 0) is 50.1 Å². The van der Waals surface area contributed by atoms with Gasteiger partial charge >= 0.3 is 5.97 Å². The van der Waals surface area contributed by atoms with E-state index >= 15 is 0 Å². The quantitative estimate of drug-likeness (QED) is 0.399. The molecule has 8 heteroatoms. The minimum atomic E-state index is -0.836. The lowest BCUT2D eigenvalue weighted by Gasteiger charge is -2.11. The largest absolute Gasteiger partial charge is 0.502 e. The zero-order valence-corrected chi connectivity index (χ0v) is 17.0. The number of carbonyl (C=O) groups is 1. The zero-order chi connectivity index (χ0) is 22.0. The van der Waals surface area contributed by atoms with Gasteiger partial charge in [-0.1, -0.05) is 17.3 Å². The Kier molecular flexibility index (Phi) is 5.41. The number of H-pyrrole nitrogens is 1. The van der Waals surface area contributed by atoms with Gasteiger partial charge in [-0.15, -0.1) is 0 Å². The maximum atomic E-state index is 10.9. The van der Waals surface area contributed by atoms with Crippen LogP contribution in [-0.4, -0.2) is 32.3 Å². The van der Waals surface area contributed by atoms with Crippen LogP contribution in [0.4, 0.5) is 5.69 Å². The van der Waals surface area contributed by atoms with Crippen LogP contribution in [0.1, 0.15) is 25.8 Å². The molecule has 31 heavy (non-hydrogen) atoms. The van der Waals surface area contributed by atoms with Crippen LogP contribution in [0.25, 0.3) is 38.6 Å². The molecule has 0 bridgehead atoms. The van der Waals surface area contributed by atoms with Gasteiger partial charge in [0, 0.05) is 29.1 Å². The summed E-state index contributed by atoms with van der Waals surface area (Å²) in [5, 5.41) is 14.0. The number of hydrogen-bond acceptors (Lipinski definition) is 5. The number of aromatic nitrogens is 3. The number of carboxylic acids is 1. The topological polar surface area (TPSA) is 106 Å². The number of fused-ring (bicyclic) bond motifs is 1. The summed E-state index contributed by atoms with van der Waals surface area (Å²) in [5.41, 5.74) is 3.49. The van der Waals surface area contributed by atoms with E-state index in [4.69, 9.17) is 20.9 Å². The van der Waals surface area contributed by atoms with Crippen molar-refractivity contribution < 1.29 is 19.2 Å². The fourth-order valence-corrected chi connectivity index (χ4v) is 3.39. The van der Waals surface area contributed by atoms with E-state index in [2.05, 4.69) is 20.0 Å². The monoisotopic (exact) mass is 416 g/mol. The standard InChI is InChI=1S/C23H20N4O4/c1-13(2)30-19-9-7-14(11-18(19)24-3)23-26-22(27-31-23)17-6-4-5-16-15(8-10-20(28)29)12-25-21(16)17/h4-7,9,11-13,25H,8,10H2,1-2H3,(H,28,29). The van der Waals surface area contributed by atoms with Gasteiger partial charge in [0.15, 0.2) is 0 Å². The van der Waals surface area contributed by atoms with Crippen LogP contribution in [0.15, 0.2) is 47.1 Å². The van der Waals surface area contributed by atoms with E-state index in [0.717, 1.165) is 22.0 Å². The molecule has 0 saturated heterocycles. The molecular weight excluding hydrogens is 396 g/mol. The summed E-state index contributed by atoms with van der Waals surface area (Å²) in [6.07, 6.45) is 2.26. The normalized spacial score (nSPS) is 11.0. The Morgan fingerprint density at radius 2 is 2.16 bits per heavy atom. The van der Waals surface area contributed by atoms with Crippen molar-refractivity contribution in [3.05, 3.63) is 59.6 Å². The van der Waals surface area contributed by atoms with Crippen LogP contribution < -0.4 is 4.74 Å². The molecule has 0 atom stereocenters. The van der Waals surface area contributed by atoms with Gasteiger partial charge in [-0.2, -0.15) is 4.98 Å². The minimum Gasteiger partial charge on any atom is -0.502 e. The summed E-state index contributed by atoms with van der Waals surface area (Å²) in [5.74, 6) is 0.375. The highest BCUT2D eigenvalue weighted by Crippen LogP contribution is 2.34. The first-order valence-electron chi connectivity index (χ1n) is 9.79. The average molecular weight is 416 g/mol. The predicted molar refractivity (Wildman–Crippen MR) is 115 cm³/mol. The summed E-state index contributed by atoms with van der Waals surface area (Å²) in [6, 6.07) is 10.9. The van der Waals surface area contributed by atoms with Crippen molar-refractivity contribution in [1.29, 1.82) is 0 Å². The van der Waals surface area contributed by atoms with Crippen LogP contribution >= 0.6 is 0 Å². The summed E-state index contributed by atoms with van der Waals surface area (Å²) >= 11 is 0. The van der Waals surface area contributed by atoms with Crippen LogP contribution in [0.2, 0.25) is 0 Å². The highest BCUT2D eigenvalue weighted by molar-refractivity contribution is 5.94. The molecule has 156 valence electrons. The summed E-state index contributed by atoms with van der Waals surface area (Å²) in [6.45, 7) is 11.2. The maximum Gasteiger partial charge on any atom is 0.303 e. The number of nitrogens with zero attached hydrogens (tertiary/aromatic N) is 3. The van der Waals surface area contributed by atoms with Gasteiger partial charge in [0.1, 0.15) is 5.75 Å². The van der Waals surface area contributed by atoms with Crippen molar-refractivity contribution in [3.8, 4) is 28.6 Å². The number of hydrogen-bond donors (Lipinski definition) is 2. The predicted octanol–water partition coefficient (Wildman–Crippen LogP) is 5.24. The van der Waals surface area contributed by atoms with Crippen LogP contribution in [0.3, 0.4) is 0 Å². The van der Waals surface area contributed by atoms with Crippen LogP contribution in [-0.2, 0) is 11.2 Å². The average Bonchev–Trinajstić information content (AvgIpc) is 3.39. The molecule has 0 amide bonds. The lowest BCUT2D eigenvalue weighted by atomic mass is 10.1. The van der Waals surface area contributed by atoms with Crippen LogP contribution in [0.5, 0.6) is 5.75 Å². The molecule has 2 aromatic carbocycles. The van der Waals surface area contributed by atoms with Crippen molar-refractivity contribution in [2.24, 2.45) is 0 Å². The summed E-state index contributed by atoms with van der Waals surface area (Å²) in [4.78, 5) is 22.2. The number of ether oxygens (including phenoxy) is 1. The first-order chi connectivity index (χ1) is 15.0. The third kappa shape index (κ3) is 4.12. The van der Waals surface area contributed by atoms with Crippen molar-refractivity contribution >= 4 is 22.6 Å². The number of para-hydroxylation sites is 1. The Morgan fingerprint density at radius 1 is 1.32 bits per heavy atom. The second-order valence-corrected chi connectivity index (χ2v) is 7.32. The molecule has 0 unspecified atom stereocenters. The van der Waals surface area contributed by atoms with Gasteiger partial charge in [0.2, 0.25) is 11.5 Å². The zero-order valence-electron chi connectivity index (χ0n) is 17.0. The van der Waals surface area contributed by atoms with Crippen molar-refractivity contribution in [2.45, 2.75) is 32.8 Å². The molecule has 2 aromatic heterocycles. The van der Waals surface area contributed by atoms with Gasteiger partial charge < -0.3 is 19.4 Å². The Morgan fingerprint density at radius 3 is 2.90 bits per heavy atom. The second-order valence-electron chi connectivity index (χ2n) is 7.32. The van der Waals surface area contributed by atoms with Crippen molar-refractivity contribution in [2.75, 3.05) is 0 Å². The molecule has 4 rings (SSSR count). The first-order valence-corrected chi connectivity index (χ1v) is 9.79. The van der Waals surface area contributed by atoms with E-state index in [1.165, 1.54) is 0 Å². The lowest BCUT2D eigenvalue weighted by molar-refractivity contribution is -0.136. The van der Waals surface area contributed by atoms with E-state index < -0.39 is 5.97 Å².